The molecule has 3 heteroatoms. The molecule has 16 heavy (non-hydrogen) atoms. The third-order valence-electron chi connectivity index (χ3n) is 2.69. The van der Waals surface area contributed by atoms with Crippen LogP contribution in [0.3, 0.4) is 0 Å². The highest BCUT2D eigenvalue weighted by Crippen LogP contribution is 2.23. The van der Waals surface area contributed by atoms with Crippen LogP contribution in [0, 0.1) is 11.3 Å². The van der Waals surface area contributed by atoms with E-state index in [4.69, 9.17) is 11.0 Å². The lowest BCUT2D eigenvalue weighted by Gasteiger charge is -2.28. The summed E-state index contributed by atoms with van der Waals surface area (Å²) in [5, 5.41) is 8.72. The summed E-state index contributed by atoms with van der Waals surface area (Å²) in [7, 11) is 0. The fourth-order valence-electron chi connectivity index (χ4n) is 1.85. The van der Waals surface area contributed by atoms with Gasteiger partial charge in [-0.2, -0.15) is 5.26 Å². The van der Waals surface area contributed by atoms with Crippen LogP contribution >= 0.6 is 0 Å². The molecule has 0 aliphatic heterocycles. The Hall–Kier alpha value is -1.69. The smallest absolute Gasteiger partial charge is 0.0670 e. The van der Waals surface area contributed by atoms with Gasteiger partial charge in [0.05, 0.1) is 12.5 Å². The van der Waals surface area contributed by atoms with Crippen LogP contribution in [0.1, 0.15) is 26.3 Å². The maximum Gasteiger partial charge on any atom is 0.0670 e. The Kier molecular flexibility index (Phi) is 4.19. The lowest BCUT2D eigenvalue weighted by molar-refractivity contribution is 0.703. The van der Waals surface area contributed by atoms with Crippen LogP contribution < -0.4 is 10.6 Å². The van der Waals surface area contributed by atoms with Gasteiger partial charge in [-0.25, -0.2) is 0 Å². The molecule has 0 aromatic heterocycles. The molecule has 0 fully saturated rings. The van der Waals surface area contributed by atoms with Crippen molar-refractivity contribution in [3.63, 3.8) is 0 Å². The van der Waals surface area contributed by atoms with Crippen LogP contribution in [0.15, 0.2) is 18.2 Å². The second-order valence-corrected chi connectivity index (χ2v) is 4.10. The van der Waals surface area contributed by atoms with Gasteiger partial charge < -0.3 is 10.6 Å². The molecule has 2 N–H and O–H groups in total. The minimum Gasteiger partial charge on any atom is -0.398 e. The van der Waals surface area contributed by atoms with Crippen LogP contribution in [-0.4, -0.2) is 12.6 Å². The standard InChI is InChI=1S/C13H19N3/c1-4-16(10(2)3)12-5-6-13(15)11(9-12)7-8-14/h5-6,9-10H,4,7,15H2,1-3H3. The van der Waals surface area contributed by atoms with Gasteiger partial charge in [0.2, 0.25) is 0 Å². The average molecular weight is 217 g/mol. The summed E-state index contributed by atoms with van der Waals surface area (Å²) in [6.07, 6.45) is 0.370. The molecule has 0 aliphatic rings. The quantitative estimate of drug-likeness (QED) is 0.789. The number of nitrogens with two attached hydrogens (primary N) is 1. The van der Waals surface area contributed by atoms with Crippen molar-refractivity contribution in [3.05, 3.63) is 23.8 Å². The van der Waals surface area contributed by atoms with E-state index in [0.29, 0.717) is 18.2 Å². The molecule has 0 aliphatic carbocycles. The van der Waals surface area contributed by atoms with E-state index in [-0.39, 0.29) is 0 Å². The van der Waals surface area contributed by atoms with Crippen molar-refractivity contribution < 1.29 is 0 Å². The molecule has 86 valence electrons. The molecule has 0 bridgehead atoms. The van der Waals surface area contributed by atoms with Gasteiger partial charge in [-0.15, -0.1) is 0 Å². The zero-order valence-corrected chi connectivity index (χ0v) is 10.2. The third kappa shape index (κ3) is 2.66. The zero-order chi connectivity index (χ0) is 12.1. The summed E-state index contributed by atoms with van der Waals surface area (Å²) < 4.78 is 0. The number of anilines is 2. The highest BCUT2D eigenvalue weighted by molar-refractivity contribution is 5.59. The molecule has 1 aromatic carbocycles. The molecule has 0 spiro atoms. The Balaban J connectivity index is 3.06. The van der Waals surface area contributed by atoms with Crippen molar-refractivity contribution >= 4 is 11.4 Å². The average Bonchev–Trinajstić information content (AvgIpc) is 2.23. The molecule has 1 rings (SSSR count). The monoisotopic (exact) mass is 217 g/mol. The Labute approximate surface area is 97.5 Å². The predicted molar refractivity (Wildman–Crippen MR) is 68.3 cm³/mol. The zero-order valence-electron chi connectivity index (χ0n) is 10.2. The SMILES string of the molecule is CCN(c1ccc(N)c(CC#N)c1)C(C)C. The molecular weight excluding hydrogens is 198 g/mol. The van der Waals surface area contributed by atoms with Crippen molar-refractivity contribution in [1.29, 1.82) is 5.26 Å². The van der Waals surface area contributed by atoms with Crippen LogP contribution in [0.5, 0.6) is 0 Å². The molecule has 0 unspecified atom stereocenters. The Morgan fingerprint density at radius 2 is 2.12 bits per heavy atom. The number of nitrogen functional groups attached to an aromatic ring is 1. The van der Waals surface area contributed by atoms with Gasteiger partial charge in [-0.05, 0) is 44.5 Å². The van der Waals surface area contributed by atoms with Gasteiger partial charge in [0.1, 0.15) is 0 Å². The summed E-state index contributed by atoms with van der Waals surface area (Å²) in [6.45, 7) is 7.39. The molecule has 0 heterocycles. The lowest BCUT2D eigenvalue weighted by Crippen LogP contribution is -2.30. The summed E-state index contributed by atoms with van der Waals surface area (Å²) in [6, 6.07) is 8.50. The van der Waals surface area contributed by atoms with E-state index in [2.05, 4.69) is 31.7 Å². The molecule has 0 saturated carbocycles. The van der Waals surface area contributed by atoms with Crippen LogP contribution in [0.4, 0.5) is 11.4 Å². The first-order valence-electron chi connectivity index (χ1n) is 5.62. The summed E-state index contributed by atoms with van der Waals surface area (Å²) in [4.78, 5) is 2.28. The van der Waals surface area contributed by atoms with Gasteiger partial charge in [-0.1, -0.05) is 0 Å². The number of hydrogen-bond acceptors (Lipinski definition) is 3. The molecule has 0 amide bonds. The highest BCUT2D eigenvalue weighted by atomic mass is 15.1. The van der Waals surface area contributed by atoms with Crippen molar-refractivity contribution in [2.45, 2.75) is 33.2 Å². The topological polar surface area (TPSA) is 53.0 Å². The molecule has 3 nitrogen and oxygen atoms in total. The fraction of sp³-hybridized carbons (Fsp3) is 0.462. The van der Waals surface area contributed by atoms with Crippen molar-refractivity contribution in [1.82, 2.24) is 0 Å². The van der Waals surface area contributed by atoms with E-state index in [9.17, 15) is 0 Å². The van der Waals surface area contributed by atoms with Gasteiger partial charge in [0.15, 0.2) is 0 Å². The van der Waals surface area contributed by atoms with Crippen LogP contribution in [0.2, 0.25) is 0 Å². The van der Waals surface area contributed by atoms with Gasteiger partial charge >= 0.3 is 0 Å². The third-order valence-corrected chi connectivity index (χ3v) is 2.69. The molecular formula is C13H19N3. The Morgan fingerprint density at radius 1 is 1.44 bits per heavy atom. The number of hydrogen-bond donors (Lipinski definition) is 1. The van der Waals surface area contributed by atoms with Crippen molar-refractivity contribution in [2.24, 2.45) is 0 Å². The van der Waals surface area contributed by atoms with E-state index in [1.807, 2.05) is 18.2 Å². The minimum atomic E-state index is 0.370. The van der Waals surface area contributed by atoms with Gasteiger partial charge in [0.25, 0.3) is 0 Å². The number of nitriles is 1. The van der Waals surface area contributed by atoms with Crippen LogP contribution in [0.25, 0.3) is 0 Å². The summed E-state index contributed by atoms with van der Waals surface area (Å²) >= 11 is 0. The highest BCUT2D eigenvalue weighted by Gasteiger charge is 2.09. The van der Waals surface area contributed by atoms with E-state index < -0.39 is 0 Å². The largest absolute Gasteiger partial charge is 0.398 e. The van der Waals surface area contributed by atoms with Gasteiger partial charge in [0, 0.05) is 24.0 Å². The van der Waals surface area contributed by atoms with E-state index in [1.54, 1.807) is 0 Å². The molecule has 0 atom stereocenters. The molecule has 0 radical (unpaired) electrons. The number of nitrogens with zero attached hydrogens (tertiary/aromatic N) is 2. The first kappa shape index (κ1) is 12.4. The minimum absolute atomic E-state index is 0.370. The first-order chi connectivity index (χ1) is 7.60. The van der Waals surface area contributed by atoms with Gasteiger partial charge in [-0.3, -0.25) is 0 Å². The Morgan fingerprint density at radius 3 is 2.62 bits per heavy atom. The number of benzene rings is 1. The maximum absolute atomic E-state index is 8.72. The summed E-state index contributed by atoms with van der Waals surface area (Å²) in [5.41, 5.74) is 8.57. The second-order valence-electron chi connectivity index (χ2n) is 4.10. The molecule has 0 saturated heterocycles. The van der Waals surface area contributed by atoms with Crippen molar-refractivity contribution in [2.75, 3.05) is 17.2 Å². The molecule has 1 aromatic rings. The normalized spacial score (nSPS) is 10.2. The number of rotatable bonds is 4. The first-order valence-corrected chi connectivity index (χ1v) is 5.62. The van der Waals surface area contributed by atoms with E-state index >= 15 is 0 Å². The lowest BCUT2D eigenvalue weighted by atomic mass is 10.1. The van der Waals surface area contributed by atoms with E-state index in [0.717, 1.165) is 17.8 Å². The van der Waals surface area contributed by atoms with Crippen LogP contribution in [-0.2, 0) is 6.42 Å². The predicted octanol–water partition coefficient (Wildman–Crippen LogP) is 2.57. The summed E-state index contributed by atoms with van der Waals surface area (Å²) in [5.74, 6) is 0. The van der Waals surface area contributed by atoms with Crippen molar-refractivity contribution in [3.8, 4) is 6.07 Å². The maximum atomic E-state index is 8.72. The fourth-order valence-corrected chi connectivity index (χ4v) is 1.85. The second kappa shape index (κ2) is 5.41. The van der Waals surface area contributed by atoms with E-state index in [1.165, 1.54) is 0 Å². The Bertz CT molecular complexity index is 391.